The van der Waals surface area contributed by atoms with Gasteiger partial charge in [-0.15, -0.1) is 0 Å². The first kappa shape index (κ1) is 9.73. The number of hydrogen-bond acceptors (Lipinski definition) is 1. The molecule has 0 amide bonds. The van der Waals surface area contributed by atoms with E-state index >= 15 is 0 Å². The number of aryl methyl sites for hydroxylation is 3. The van der Waals surface area contributed by atoms with Crippen LogP contribution in [0.1, 0.15) is 16.8 Å². The van der Waals surface area contributed by atoms with Crippen LogP contribution in [-0.4, -0.2) is 21.8 Å². The molecule has 0 aliphatic carbocycles. The molecule has 0 saturated heterocycles. The average Bonchev–Trinajstić information content (AvgIpc) is 2.14. The second-order valence-corrected chi connectivity index (χ2v) is 4.98. The monoisotopic (exact) mass is 247 g/mol. The van der Waals surface area contributed by atoms with E-state index in [1.54, 1.807) is 16.9 Å². The first-order chi connectivity index (χ1) is 6.59. The summed E-state index contributed by atoms with van der Waals surface area (Å²) in [5.74, 6) is 0. The Balaban J connectivity index is 2.95. The molecule has 1 atom stereocenters. The van der Waals surface area contributed by atoms with E-state index in [1.165, 1.54) is 26.4 Å². The predicted molar refractivity (Wildman–Crippen MR) is 64.1 cm³/mol. The zero-order chi connectivity index (χ0) is 10.3. The van der Waals surface area contributed by atoms with Gasteiger partial charge in [0.1, 0.15) is 0 Å². The molecule has 1 unspecified atom stereocenters. The molecule has 0 aliphatic heterocycles. The van der Waals surface area contributed by atoms with Gasteiger partial charge < -0.3 is 0 Å². The molecule has 1 aromatic heterocycles. The molecule has 1 aromatic carbocycles. The number of hydrogen-bond donors (Lipinski definition) is 0. The maximum atomic E-state index is 4.61. The summed E-state index contributed by atoms with van der Waals surface area (Å²) in [4.78, 5) is 4.61. The zero-order valence-corrected chi connectivity index (χ0v) is 11.2. The average molecular weight is 247 g/mol. The first-order valence-electron chi connectivity index (χ1n) is 4.72. The Kier molecular flexibility index (Phi) is 2.36. The second kappa shape index (κ2) is 3.40. The summed E-state index contributed by atoms with van der Waals surface area (Å²) in [5.41, 5.74) is 4.96. The Bertz CT molecular complexity index is 503. The molecule has 1 heterocycles. The molecule has 0 fully saturated rings. The predicted octanol–water partition coefficient (Wildman–Crippen LogP) is 1.42. The van der Waals surface area contributed by atoms with Crippen molar-refractivity contribution in [3.63, 3.8) is 0 Å². The third-order valence-corrected chi connectivity index (χ3v) is 4.10. The van der Waals surface area contributed by atoms with Crippen molar-refractivity contribution < 1.29 is 0 Å². The van der Waals surface area contributed by atoms with Gasteiger partial charge in [-0.1, -0.05) is 0 Å². The zero-order valence-electron chi connectivity index (χ0n) is 8.76. The Morgan fingerprint density at radius 3 is 2.50 bits per heavy atom. The standard InChI is InChI=1S/C12H14AsN/c1-7-6-8(2)11(13)12-10(7)5-4-9(3)14-12/h4-6H,13H2,1-3H3. The molecule has 2 rings (SSSR count). The van der Waals surface area contributed by atoms with E-state index in [0.29, 0.717) is 0 Å². The van der Waals surface area contributed by atoms with E-state index in [9.17, 15) is 0 Å². The molecular weight excluding hydrogens is 233 g/mol. The van der Waals surface area contributed by atoms with Crippen LogP contribution < -0.4 is 4.35 Å². The molecule has 72 valence electrons. The fraction of sp³-hybridized carbons (Fsp3) is 0.250. The summed E-state index contributed by atoms with van der Waals surface area (Å²) >= 11 is 1.66. The second-order valence-electron chi connectivity index (χ2n) is 3.77. The van der Waals surface area contributed by atoms with E-state index in [1.807, 2.05) is 6.92 Å². The van der Waals surface area contributed by atoms with Gasteiger partial charge in [0.25, 0.3) is 0 Å². The van der Waals surface area contributed by atoms with E-state index in [-0.39, 0.29) is 0 Å². The summed E-state index contributed by atoms with van der Waals surface area (Å²) in [7, 11) is 0. The van der Waals surface area contributed by atoms with E-state index in [0.717, 1.165) is 5.69 Å². The van der Waals surface area contributed by atoms with Gasteiger partial charge in [-0.2, -0.15) is 0 Å². The summed E-state index contributed by atoms with van der Waals surface area (Å²) in [6.07, 6.45) is 0. The number of nitrogens with zero attached hydrogens (tertiary/aromatic N) is 1. The van der Waals surface area contributed by atoms with Crippen LogP contribution in [0.3, 0.4) is 0 Å². The Labute approximate surface area is 93.0 Å². The van der Waals surface area contributed by atoms with Crippen molar-refractivity contribution in [2.24, 2.45) is 0 Å². The minimum absolute atomic E-state index is 1.10. The van der Waals surface area contributed by atoms with Gasteiger partial charge in [0.15, 0.2) is 0 Å². The summed E-state index contributed by atoms with van der Waals surface area (Å²) in [6.45, 7) is 6.36. The van der Waals surface area contributed by atoms with Gasteiger partial charge in [0, 0.05) is 0 Å². The quantitative estimate of drug-likeness (QED) is 0.641. The van der Waals surface area contributed by atoms with Crippen molar-refractivity contribution in [3.8, 4) is 0 Å². The van der Waals surface area contributed by atoms with Crippen LogP contribution >= 0.6 is 0 Å². The van der Waals surface area contributed by atoms with Crippen LogP contribution in [0.4, 0.5) is 0 Å². The van der Waals surface area contributed by atoms with Gasteiger partial charge in [0.05, 0.1) is 0 Å². The van der Waals surface area contributed by atoms with Crippen molar-refractivity contribution in [2.75, 3.05) is 0 Å². The van der Waals surface area contributed by atoms with Gasteiger partial charge in [0.2, 0.25) is 0 Å². The summed E-state index contributed by atoms with van der Waals surface area (Å²) in [5, 5.41) is 1.29. The van der Waals surface area contributed by atoms with Crippen LogP contribution in [-0.2, 0) is 0 Å². The third kappa shape index (κ3) is 1.46. The minimum atomic E-state index is 1.10. The van der Waals surface area contributed by atoms with Crippen molar-refractivity contribution >= 4 is 32.1 Å². The van der Waals surface area contributed by atoms with Crippen LogP contribution in [0.5, 0.6) is 0 Å². The topological polar surface area (TPSA) is 12.9 Å². The maximum absolute atomic E-state index is 4.61. The molecule has 1 nitrogen and oxygen atoms in total. The van der Waals surface area contributed by atoms with Gasteiger partial charge >= 0.3 is 92.9 Å². The van der Waals surface area contributed by atoms with Crippen LogP contribution in [0.15, 0.2) is 18.2 Å². The van der Waals surface area contributed by atoms with Crippen molar-refractivity contribution in [3.05, 3.63) is 35.0 Å². The number of fused-ring (bicyclic) bond motifs is 1. The number of pyridine rings is 1. The summed E-state index contributed by atoms with van der Waals surface area (Å²) < 4.78 is 1.36. The van der Waals surface area contributed by atoms with E-state index < -0.39 is 0 Å². The van der Waals surface area contributed by atoms with Crippen LogP contribution in [0.25, 0.3) is 10.9 Å². The molecule has 0 saturated carbocycles. The fourth-order valence-corrected chi connectivity index (χ4v) is 2.38. The molecule has 2 aromatic rings. The number of benzene rings is 1. The van der Waals surface area contributed by atoms with Crippen LogP contribution in [0, 0.1) is 20.8 Å². The number of aromatic nitrogens is 1. The third-order valence-electron chi connectivity index (χ3n) is 2.57. The Morgan fingerprint density at radius 1 is 1.07 bits per heavy atom. The molecule has 0 N–H and O–H groups in total. The fourth-order valence-electron chi connectivity index (χ4n) is 1.75. The van der Waals surface area contributed by atoms with Crippen molar-refractivity contribution in [1.82, 2.24) is 4.98 Å². The van der Waals surface area contributed by atoms with E-state index in [2.05, 4.69) is 37.0 Å². The van der Waals surface area contributed by atoms with Gasteiger partial charge in [-0.25, -0.2) is 0 Å². The van der Waals surface area contributed by atoms with Gasteiger partial charge in [-0.05, 0) is 0 Å². The molecular formula is C12H14AsN. The van der Waals surface area contributed by atoms with Crippen molar-refractivity contribution in [2.45, 2.75) is 20.8 Å². The van der Waals surface area contributed by atoms with Crippen molar-refractivity contribution in [1.29, 1.82) is 0 Å². The molecule has 0 aliphatic rings. The Morgan fingerprint density at radius 2 is 1.79 bits per heavy atom. The normalized spacial score (nSPS) is 10.9. The summed E-state index contributed by atoms with van der Waals surface area (Å²) in [6, 6.07) is 6.50. The first-order valence-corrected chi connectivity index (χ1v) is 5.94. The molecule has 0 radical (unpaired) electrons. The molecule has 14 heavy (non-hydrogen) atoms. The number of rotatable bonds is 0. The van der Waals surface area contributed by atoms with E-state index in [4.69, 9.17) is 0 Å². The van der Waals surface area contributed by atoms with Gasteiger partial charge in [-0.3, -0.25) is 0 Å². The molecule has 0 spiro atoms. The Hall–Kier alpha value is -0.812. The van der Waals surface area contributed by atoms with Crippen LogP contribution in [0.2, 0.25) is 0 Å². The molecule has 0 bridgehead atoms. The SMILES string of the molecule is Cc1ccc2c(C)cc(C)c([AsH2])c2n1. The molecule has 2 heteroatoms.